The second-order valence-corrected chi connectivity index (χ2v) is 6.67. The Hall–Kier alpha value is -2.03. The molecule has 2 heterocycles. The van der Waals surface area contributed by atoms with Crippen LogP contribution in [0.25, 0.3) is 0 Å². The van der Waals surface area contributed by atoms with Gasteiger partial charge in [-0.15, -0.1) is 24.0 Å². The highest BCUT2D eigenvalue weighted by molar-refractivity contribution is 14.0. The van der Waals surface area contributed by atoms with Gasteiger partial charge in [-0.3, -0.25) is 4.99 Å². The molecule has 0 atom stereocenters. The number of anilines is 1. The van der Waals surface area contributed by atoms with Gasteiger partial charge in [0, 0.05) is 45.5 Å². The van der Waals surface area contributed by atoms with E-state index < -0.39 is 0 Å². The number of benzene rings is 1. The van der Waals surface area contributed by atoms with Crippen molar-refractivity contribution < 1.29 is 5.11 Å². The van der Waals surface area contributed by atoms with Crippen LogP contribution in [0.15, 0.2) is 53.7 Å². The summed E-state index contributed by atoms with van der Waals surface area (Å²) < 4.78 is 0. The number of nitrogens with zero attached hydrogens (tertiary/aromatic N) is 4. The minimum atomic E-state index is 0. The Labute approximate surface area is 184 Å². The van der Waals surface area contributed by atoms with Gasteiger partial charge < -0.3 is 20.2 Å². The molecule has 7 heteroatoms. The number of hydrogen-bond acceptors (Lipinski definition) is 4. The van der Waals surface area contributed by atoms with Crippen molar-refractivity contribution in [2.45, 2.75) is 19.8 Å². The zero-order valence-electron chi connectivity index (χ0n) is 16.4. The summed E-state index contributed by atoms with van der Waals surface area (Å²) in [4.78, 5) is 13.9. The van der Waals surface area contributed by atoms with Crippen molar-refractivity contribution in [1.82, 2.24) is 15.2 Å². The number of guanidine groups is 1. The van der Waals surface area contributed by atoms with Crippen molar-refractivity contribution in [3.05, 3.63) is 54.2 Å². The quantitative estimate of drug-likeness (QED) is 0.279. The smallest absolute Gasteiger partial charge is 0.194 e. The molecule has 0 bridgehead atoms. The number of phenols is 1. The molecule has 1 saturated heterocycles. The molecule has 28 heavy (non-hydrogen) atoms. The topological polar surface area (TPSA) is 64.0 Å². The molecule has 0 unspecified atom stereocenters. The molecule has 3 rings (SSSR count). The van der Waals surface area contributed by atoms with Gasteiger partial charge in [0.15, 0.2) is 5.96 Å². The van der Waals surface area contributed by atoms with Crippen LogP contribution in [-0.4, -0.2) is 60.2 Å². The largest absolute Gasteiger partial charge is 0.508 e. The fourth-order valence-electron chi connectivity index (χ4n) is 3.24. The van der Waals surface area contributed by atoms with Gasteiger partial charge in [0.05, 0.1) is 0 Å². The Balaban J connectivity index is 0.00000280. The molecule has 1 aliphatic heterocycles. The number of aromatic hydroxyl groups is 1. The van der Waals surface area contributed by atoms with E-state index in [-0.39, 0.29) is 24.0 Å². The van der Waals surface area contributed by atoms with E-state index in [0.717, 1.165) is 63.9 Å². The van der Waals surface area contributed by atoms with Crippen molar-refractivity contribution in [2.75, 3.05) is 44.2 Å². The number of halogens is 1. The highest BCUT2D eigenvalue weighted by Crippen LogP contribution is 2.13. The minimum absolute atomic E-state index is 0. The molecule has 0 aliphatic carbocycles. The summed E-state index contributed by atoms with van der Waals surface area (Å²) >= 11 is 0. The van der Waals surface area contributed by atoms with E-state index in [1.54, 1.807) is 12.1 Å². The lowest BCUT2D eigenvalue weighted by Crippen LogP contribution is -2.52. The molecule has 0 radical (unpaired) electrons. The Morgan fingerprint density at radius 1 is 1.11 bits per heavy atom. The molecule has 0 spiro atoms. The van der Waals surface area contributed by atoms with Gasteiger partial charge in [0.25, 0.3) is 0 Å². The molecule has 6 nitrogen and oxygen atoms in total. The SMILES string of the molecule is CCNC(=NCCCc1ccc(O)cc1)N1CCN(c2ccccn2)CC1.I. The third-order valence-corrected chi connectivity index (χ3v) is 4.71. The molecule has 2 aromatic rings. The van der Waals surface area contributed by atoms with Gasteiger partial charge in [0.1, 0.15) is 11.6 Å². The monoisotopic (exact) mass is 495 g/mol. The molecular weight excluding hydrogens is 465 g/mol. The highest BCUT2D eigenvalue weighted by Gasteiger charge is 2.20. The number of hydrogen-bond donors (Lipinski definition) is 2. The lowest BCUT2D eigenvalue weighted by molar-refractivity contribution is 0.371. The van der Waals surface area contributed by atoms with Crippen LogP contribution in [0.3, 0.4) is 0 Å². The van der Waals surface area contributed by atoms with E-state index in [1.165, 1.54) is 5.56 Å². The van der Waals surface area contributed by atoms with Crippen molar-refractivity contribution in [3.8, 4) is 5.75 Å². The van der Waals surface area contributed by atoms with E-state index in [0.29, 0.717) is 5.75 Å². The molecule has 1 aromatic carbocycles. The van der Waals surface area contributed by atoms with Gasteiger partial charge in [-0.25, -0.2) is 4.98 Å². The summed E-state index contributed by atoms with van der Waals surface area (Å²) in [5.41, 5.74) is 1.23. The Kier molecular flexibility index (Phi) is 9.33. The molecule has 2 N–H and O–H groups in total. The third-order valence-electron chi connectivity index (χ3n) is 4.71. The fourth-order valence-corrected chi connectivity index (χ4v) is 3.24. The van der Waals surface area contributed by atoms with Gasteiger partial charge in [-0.05, 0) is 49.6 Å². The van der Waals surface area contributed by atoms with Crippen molar-refractivity contribution in [3.63, 3.8) is 0 Å². The van der Waals surface area contributed by atoms with Gasteiger partial charge in [-0.2, -0.15) is 0 Å². The summed E-state index contributed by atoms with van der Waals surface area (Å²) in [5, 5.41) is 12.8. The Morgan fingerprint density at radius 2 is 1.86 bits per heavy atom. The van der Waals surface area contributed by atoms with Crippen LogP contribution in [0, 0.1) is 0 Å². The van der Waals surface area contributed by atoms with Crippen molar-refractivity contribution in [1.29, 1.82) is 0 Å². The number of aliphatic imine (C=N–C) groups is 1. The average molecular weight is 495 g/mol. The second-order valence-electron chi connectivity index (χ2n) is 6.67. The summed E-state index contributed by atoms with van der Waals surface area (Å²) in [6.45, 7) is 7.57. The average Bonchev–Trinajstić information content (AvgIpc) is 2.72. The maximum atomic E-state index is 9.35. The van der Waals surface area contributed by atoms with Crippen LogP contribution in [0.4, 0.5) is 5.82 Å². The van der Waals surface area contributed by atoms with Gasteiger partial charge in [-0.1, -0.05) is 18.2 Å². The number of aromatic nitrogens is 1. The lowest BCUT2D eigenvalue weighted by Gasteiger charge is -2.37. The first kappa shape index (κ1) is 22.3. The summed E-state index contributed by atoms with van der Waals surface area (Å²) in [6.07, 6.45) is 3.81. The van der Waals surface area contributed by atoms with E-state index in [9.17, 15) is 5.11 Å². The van der Waals surface area contributed by atoms with Gasteiger partial charge in [0.2, 0.25) is 0 Å². The Morgan fingerprint density at radius 3 is 2.50 bits per heavy atom. The summed E-state index contributed by atoms with van der Waals surface area (Å²) in [5.74, 6) is 2.37. The molecule has 1 fully saturated rings. The number of phenolic OH excluding ortho intramolecular Hbond substituents is 1. The zero-order chi connectivity index (χ0) is 18.9. The summed E-state index contributed by atoms with van der Waals surface area (Å²) in [7, 11) is 0. The molecule has 1 aliphatic rings. The summed E-state index contributed by atoms with van der Waals surface area (Å²) in [6, 6.07) is 13.5. The maximum absolute atomic E-state index is 9.35. The first-order chi connectivity index (χ1) is 13.3. The number of piperazine rings is 1. The van der Waals surface area contributed by atoms with Crippen molar-refractivity contribution >= 4 is 35.8 Å². The third kappa shape index (κ3) is 6.54. The number of rotatable bonds is 6. The number of aryl methyl sites for hydroxylation is 1. The highest BCUT2D eigenvalue weighted by atomic mass is 127. The molecule has 152 valence electrons. The first-order valence-corrected chi connectivity index (χ1v) is 9.73. The van der Waals surface area contributed by atoms with E-state index in [4.69, 9.17) is 4.99 Å². The van der Waals surface area contributed by atoms with E-state index >= 15 is 0 Å². The van der Waals surface area contributed by atoms with Crippen LogP contribution < -0.4 is 10.2 Å². The van der Waals surface area contributed by atoms with Gasteiger partial charge >= 0.3 is 0 Å². The molecule has 1 aromatic heterocycles. The van der Waals surface area contributed by atoms with Crippen LogP contribution in [0.2, 0.25) is 0 Å². The molecule has 0 saturated carbocycles. The predicted octanol–water partition coefficient (Wildman–Crippen LogP) is 3.13. The maximum Gasteiger partial charge on any atom is 0.194 e. The van der Waals surface area contributed by atoms with Crippen LogP contribution in [0.5, 0.6) is 5.75 Å². The molecular formula is C21H30IN5O. The number of pyridine rings is 1. The predicted molar refractivity (Wildman–Crippen MR) is 126 cm³/mol. The number of nitrogens with one attached hydrogen (secondary N) is 1. The van der Waals surface area contributed by atoms with Crippen LogP contribution >= 0.6 is 24.0 Å². The van der Waals surface area contributed by atoms with Crippen LogP contribution in [-0.2, 0) is 6.42 Å². The minimum Gasteiger partial charge on any atom is -0.508 e. The lowest BCUT2D eigenvalue weighted by atomic mass is 10.1. The normalized spacial score (nSPS) is 14.5. The molecule has 0 amide bonds. The first-order valence-electron chi connectivity index (χ1n) is 9.73. The standard InChI is InChI=1S/C21H29N5O.HI/c1-2-22-21(24-13-5-6-18-8-10-19(27)11-9-18)26-16-14-25(15-17-26)20-7-3-4-12-23-20;/h3-4,7-12,27H,2,5-6,13-17H2,1H3,(H,22,24);1H. The second kappa shape index (κ2) is 11.7. The van der Waals surface area contributed by atoms with E-state index in [2.05, 4.69) is 33.1 Å². The van der Waals surface area contributed by atoms with E-state index in [1.807, 2.05) is 30.5 Å². The van der Waals surface area contributed by atoms with Crippen LogP contribution in [0.1, 0.15) is 18.9 Å². The fraction of sp³-hybridized carbons (Fsp3) is 0.429. The zero-order valence-corrected chi connectivity index (χ0v) is 18.8. The Bertz CT molecular complexity index is 715. The van der Waals surface area contributed by atoms with Crippen molar-refractivity contribution in [2.24, 2.45) is 4.99 Å².